The summed E-state index contributed by atoms with van der Waals surface area (Å²) >= 11 is 3.45. The number of methoxy groups -OCH3 is 1. The fourth-order valence-electron chi connectivity index (χ4n) is 3.12. The third kappa shape index (κ3) is 4.58. The van der Waals surface area contributed by atoms with Gasteiger partial charge in [-0.3, -0.25) is 14.9 Å². The van der Waals surface area contributed by atoms with Gasteiger partial charge in [0.25, 0.3) is 11.6 Å². The van der Waals surface area contributed by atoms with Gasteiger partial charge in [-0.15, -0.1) is 0 Å². The summed E-state index contributed by atoms with van der Waals surface area (Å²) in [5.41, 5.74) is 0.469. The summed E-state index contributed by atoms with van der Waals surface area (Å²) in [7, 11) is 1.54. The highest BCUT2D eigenvalue weighted by Crippen LogP contribution is 2.37. The molecule has 1 fully saturated rings. The van der Waals surface area contributed by atoms with Crippen molar-refractivity contribution in [2.75, 3.05) is 44.8 Å². The molecule has 1 saturated heterocycles. The molecule has 0 bridgehead atoms. The monoisotopic (exact) mass is 464 g/mol. The number of ether oxygens (including phenoxy) is 2. The smallest absolute Gasteiger partial charge is 0.287 e. The van der Waals surface area contributed by atoms with Crippen LogP contribution in [0.25, 0.3) is 0 Å². The third-order valence-corrected chi connectivity index (χ3v) is 5.19. The van der Waals surface area contributed by atoms with Crippen LogP contribution in [0.1, 0.15) is 17.3 Å². The molecule has 0 aliphatic carbocycles. The first-order chi connectivity index (χ1) is 13.9. The van der Waals surface area contributed by atoms with E-state index in [4.69, 9.17) is 9.47 Å². The van der Waals surface area contributed by atoms with Gasteiger partial charge in [0.2, 0.25) is 0 Å². The number of carbonyl (C=O) groups is 1. The molecule has 2 heterocycles. The quantitative estimate of drug-likeness (QED) is 0.478. The van der Waals surface area contributed by atoms with E-state index in [2.05, 4.69) is 20.9 Å². The summed E-state index contributed by atoms with van der Waals surface area (Å²) in [4.78, 5) is 31.2. The van der Waals surface area contributed by atoms with Crippen molar-refractivity contribution >= 4 is 33.3 Å². The minimum Gasteiger partial charge on any atom is -0.493 e. The van der Waals surface area contributed by atoms with Crippen LogP contribution in [-0.4, -0.2) is 60.6 Å². The average Bonchev–Trinajstić information content (AvgIpc) is 2.74. The van der Waals surface area contributed by atoms with E-state index < -0.39 is 4.92 Å². The van der Waals surface area contributed by atoms with Gasteiger partial charge in [0.15, 0.2) is 11.5 Å². The van der Waals surface area contributed by atoms with Gasteiger partial charge >= 0.3 is 0 Å². The van der Waals surface area contributed by atoms with Gasteiger partial charge < -0.3 is 19.3 Å². The molecule has 1 aliphatic rings. The topological polar surface area (TPSA) is 98.0 Å². The Morgan fingerprint density at radius 1 is 1.28 bits per heavy atom. The van der Waals surface area contributed by atoms with Gasteiger partial charge in [-0.05, 0) is 41.1 Å². The van der Waals surface area contributed by atoms with E-state index in [0.29, 0.717) is 60.1 Å². The minimum absolute atomic E-state index is 0.0439. The van der Waals surface area contributed by atoms with E-state index in [1.54, 1.807) is 23.1 Å². The van der Waals surface area contributed by atoms with Crippen molar-refractivity contribution < 1.29 is 19.2 Å². The molecular formula is C19H21BrN4O5. The number of amides is 1. The molecule has 0 atom stereocenters. The minimum atomic E-state index is -0.476. The molecule has 0 N–H and O–H groups in total. The SMILES string of the molecule is CCOc1c(Br)cc(C(=O)N2CCN(c3ccc([N+](=O)[O-])cn3)CC2)cc1OC. The van der Waals surface area contributed by atoms with Crippen LogP contribution >= 0.6 is 15.9 Å². The lowest BCUT2D eigenvalue weighted by Crippen LogP contribution is -2.49. The molecule has 29 heavy (non-hydrogen) atoms. The number of anilines is 1. The van der Waals surface area contributed by atoms with Crippen molar-refractivity contribution in [3.05, 3.63) is 50.6 Å². The number of hydrogen-bond acceptors (Lipinski definition) is 7. The van der Waals surface area contributed by atoms with Gasteiger partial charge in [-0.25, -0.2) is 4.98 Å². The molecule has 0 radical (unpaired) electrons. The van der Waals surface area contributed by atoms with Gasteiger partial charge in [0.05, 0.1) is 23.1 Å². The Morgan fingerprint density at radius 3 is 2.55 bits per heavy atom. The third-order valence-electron chi connectivity index (χ3n) is 4.60. The first-order valence-corrected chi connectivity index (χ1v) is 9.89. The van der Waals surface area contributed by atoms with Crippen molar-refractivity contribution in [3.8, 4) is 11.5 Å². The normalized spacial score (nSPS) is 13.9. The molecule has 1 aliphatic heterocycles. The van der Waals surface area contributed by atoms with Crippen LogP contribution in [-0.2, 0) is 0 Å². The number of benzene rings is 1. The second-order valence-electron chi connectivity index (χ2n) is 6.33. The number of aromatic nitrogens is 1. The summed E-state index contributed by atoms with van der Waals surface area (Å²) in [6, 6.07) is 6.48. The van der Waals surface area contributed by atoms with E-state index in [-0.39, 0.29) is 11.6 Å². The molecule has 0 spiro atoms. The maximum Gasteiger partial charge on any atom is 0.287 e. The molecule has 1 aromatic carbocycles. The molecule has 2 aromatic rings. The van der Waals surface area contributed by atoms with E-state index in [1.165, 1.54) is 19.4 Å². The second-order valence-corrected chi connectivity index (χ2v) is 7.19. The standard InChI is InChI=1S/C19H21BrN4O5/c1-3-29-18-15(20)10-13(11-16(18)28-2)19(25)23-8-6-22(7-9-23)17-5-4-14(12-21-17)24(26)27/h4-5,10-12H,3,6-9H2,1-2H3. The first kappa shape index (κ1) is 20.8. The number of hydrogen-bond donors (Lipinski definition) is 0. The van der Waals surface area contributed by atoms with E-state index in [0.717, 1.165) is 0 Å². The van der Waals surface area contributed by atoms with Gasteiger partial charge in [0, 0.05) is 37.8 Å². The van der Waals surface area contributed by atoms with Crippen molar-refractivity contribution in [1.82, 2.24) is 9.88 Å². The molecule has 1 aromatic heterocycles. The van der Waals surface area contributed by atoms with Crippen molar-refractivity contribution in [2.45, 2.75) is 6.92 Å². The maximum atomic E-state index is 13.0. The Kier molecular flexibility index (Phi) is 6.53. The molecule has 154 valence electrons. The number of rotatable bonds is 6. The zero-order chi connectivity index (χ0) is 21.0. The molecular weight excluding hydrogens is 444 g/mol. The van der Waals surface area contributed by atoms with Crippen LogP contribution in [0, 0.1) is 10.1 Å². The Bertz CT molecular complexity index is 898. The van der Waals surface area contributed by atoms with Crippen LogP contribution in [0.4, 0.5) is 11.5 Å². The summed E-state index contributed by atoms with van der Waals surface area (Å²) in [5, 5.41) is 10.8. The highest BCUT2D eigenvalue weighted by Gasteiger charge is 2.25. The summed E-state index contributed by atoms with van der Waals surface area (Å²) < 4.78 is 11.6. The number of nitrogens with zero attached hydrogens (tertiary/aromatic N) is 4. The predicted molar refractivity (Wildman–Crippen MR) is 111 cm³/mol. The Morgan fingerprint density at radius 2 is 2.00 bits per heavy atom. The van der Waals surface area contributed by atoms with Crippen LogP contribution in [0.5, 0.6) is 11.5 Å². The molecule has 1 amide bonds. The zero-order valence-corrected chi connectivity index (χ0v) is 17.7. The van der Waals surface area contributed by atoms with Crippen molar-refractivity contribution in [2.24, 2.45) is 0 Å². The Labute approximate surface area is 176 Å². The van der Waals surface area contributed by atoms with Crippen LogP contribution in [0.2, 0.25) is 0 Å². The van der Waals surface area contributed by atoms with Crippen LogP contribution < -0.4 is 14.4 Å². The Hall–Kier alpha value is -2.88. The van der Waals surface area contributed by atoms with E-state index >= 15 is 0 Å². The Balaban J connectivity index is 1.68. The maximum absolute atomic E-state index is 13.0. The van der Waals surface area contributed by atoms with Gasteiger partial charge in [0.1, 0.15) is 12.0 Å². The summed E-state index contributed by atoms with van der Waals surface area (Å²) in [6.07, 6.45) is 1.25. The molecule has 9 nitrogen and oxygen atoms in total. The van der Waals surface area contributed by atoms with E-state index in [1.807, 2.05) is 11.8 Å². The summed E-state index contributed by atoms with van der Waals surface area (Å²) in [5.74, 6) is 1.63. The number of carbonyl (C=O) groups excluding carboxylic acids is 1. The van der Waals surface area contributed by atoms with Crippen LogP contribution in [0.15, 0.2) is 34.9 Å². The molecule has 0 unspecified atom stereocenters. The van der Waals surface area contributed by atoms with Gasteiger partial charge in [-0.1, -0.05) is 0 Å². The van der Waals surface area contributed by atoms with Gasteiger partial charge in [-0.2, -0.15) is 0 Å². The highest BCUT2D eigenvalue weighted by atomic mass is 79.9. The van der Waals surface area contributed by atoms with Crippen LogP contribution in [0.3, 0.4) is 0 Å². The first-order valence-electron chi connectivity index (χ1n) is 9.09. The van der Waals surface area contributed by atoms with E-state index in [9.17, 15) is 14.9 Å². The van der Waals surface area contributed by atoms with Crippen molar-refractivity contribution in [1.29, 1.82) is 0 Å². The highest BCUT2D eigenvalue weighted by molar-refractivity contribution is 9.10. The number of halogens is 1. The summed E-state index contributed by atoms with van der Waals surface area (Å²) in [6.45, 7) is 4.58. The zero-order valence-electron chi connectivity index (χ0n) is 16.1. The largest absolute Gasteiger partial charge is 0.493 e. The number of piperazine rings is 1. The number of pyridine rings is 1. The molecule has 0 saturated carbocycles. The van der Waals surface area contributed by atoms with Crippen molar-refractivity contribution in [3.63, 3.8) is 0 Å². The molecule has 3 rings (SSSR count). The lowest BCUT2D eigenvalue weighted by atomic mass is 10.1. The lowest BCUT2D eigenvalue weighted by Gasteiger charge is -2.35. The fraction of sp³-hybridized carbons (Fsp3) is 0.368. The fourth-order valence-corrected chi connectivity index (χ4v) is 3.68. The number of nitro groups is 1. The lowest BCUT2D eigenvalue weighted by molar-refractivity contribution is -0.385. The second kappa shape index (κ2) is 9.08. The predicted octanol–water partition coefficient (Wildman–Crippen LogP) is 3.12. The average molecular weight is 465 g/mol. The molecule has 10 heteroatoms.